The lowest BCUT2D eigenvalue weighted by molar-refractivity contribution is -0.142. The number of imidazole rings is 1. The van der Waals surface area contributed by atoms with Crippen LogP contribution < -0.4 is 0 Å². The van der Waals surface area contributed by atoms with Crippen LogP contribution >= 0.6 is 11.6 Å². The number of carboxylic acids is 1. The Morgan fingerprint density at radius 2 is 2.38 bits per heavy atom. The molecular weight excluding hydrogens is 194 g/mol. The van der Waals surface area contributed by atoms with Crippen LogP contribution in [-0.2, 0) is 4.79 Å². The van der Waals surface area contributed by atoms with Gasteiger partial charge in [-0.15, -0.1) is 0 Å². The highest BCUT2D eigenvalue weighted by Gasteiger charge is 2.26. The molecule has 1 aromatic heterocycles. The van der Waals surface area contributed by atoms with Gasteiger partial charge < -0.3 is 10.1 Å². The third-order valence-electron chi connectivity index (χ3n) is 1.64. The van der Waals surface area contributed by atoms with E-state index < -0.39 is 12.0 Å². The highest BCUT2D eigenvalue weighted by molar-refractivity contribution is 6.30. The Hall–Kier alpha value is -1.07. The number of aromatic nitrogens is 2. The molecule has 13 heavy (non-hydrogen) atoms. The summed E-state index contributed by atoms with van der Waals surface area (Å²) in [7, 11) is 3.33. The monoisotopic (exact) mass is 203 g/mol. The molecule has 0 aliphatic rings. The number of nitrogens with one attached hydrogen (secondary N) is 1. The molecule has 0 saturated carbocycles. The van der Waals surface area contributed by atoms with E-state index in [1.165, 1.54) is 6.33 Å². The van der Waals surface area contributed by atoms with Gasteiger partial charge in [0, 0.05) is 0 Å². The highest BCUT2D eigenvalue weighted by atomic mass is 35.5. The Morgan fingerprint density at radius 3 is 2.69 bits per heavy atom. The largest absolute Gasteiger partial charge is 0.480 e. The van der Waals surface area contributed by atoms with E-state index in [1.807, 2.05) is 0 Å². The molecule has 1 rings (SSSR count). The maximum atomic E-state index is 10.8. The summed E-state index contributed by atoms with van der Waals surface area (Å²) in [6.45, 7) is 0. The fraction of sp³-hybridized carbons (Fsp3) is 0.429. The van der Waals surface area contributed by atoms with Crippen molar-refractivity contribution >= 4 is 17.6 Å². The molecule has 2 N–H and O–H groups in total. The van der Waals surface area contributed by atoms with Crippen LogP contribution in [-0.4, -0.2) is 40.0 Å². The maximum Gasteiger partial charge on any atom is 0.327 e. The molecule has 1 heterocycles. The molecule has 0 amide bonds. The van der Waals surface area contributed by atoms with Crippen molar-refractivity contribution in [2.75, 3.05) is 14.1 Å². The summed E-state index contributed by atoms with van der Waals surface area (Å²) < 4.78 is 0. The maximum absolute atomic E-state index is 10.8. The lowest BCUT2D eigenvalue weighted by Crippen LogP contribution is -2.27. The number of carboxylic acid groups (broad SMARTS) is 1. The van der Waals surface area contributed by atoms with Crippen LogP contribution in [0.25, 0.3) is 0 Å². The Balaban J connectivity index is 3.02. The lowest BCUT2D eigenvalue weighted by Gasteiger charge is -2.18. The van der Waals surface area contributed by atoms with Gasteiger partial charge in [0.05, 0.1) is 12.0 Å². The smallest absolute Gasteiger partial charge is 0.327 e. The van der Waals surface area contributed by atoms with Crippen LogP contribution in [0.4, 0.5) is 0 Å². The highest BCUT2D eigenvalue weighted by Crippen LogP contribution is 2.22. The second-order valence-electron chi connectivity index (χ2n) is 2.81. The minimum atomic E-state index is -0.962. The summed E-state index contributed by atoms with van der Waals surface area (Å²) in [4.78, 5) is 18.8. The van der Waals surface area contributed by atoms with Crippen LogP contribution in [0.15, 0.2) is 6.33 Å². The number of aliphatic carboxylic acids is 1. The fourth-order valence-corrected chi connectivity index (χ4v) is 1.29. The molecule has 0 fully saturated rings. The molecule has 0 aliphatic heterocycles. The summed E-state index contributed by atoms with van der Waals surface area (Å²) in [5.74, 6) is -0.962. The van der Waals surface area contributed by atoms with Gasteiger partial charge in [-0.2, -0.15) is 0 Å². The van der Waals surface area contributed by atoms with Gasteiger partial charge in [-0.1, -0.05) is 11.6 Å². The van der Waals surface area contributed by atoms with Crippen molar-refractivity contribution in [3.8, 4) is 0 Å². The number of rotatable bonds is 3. The molecule has 0 aromatic carbocycles. The summed E-state index contributed by atoms with van der Waals surface area (Å²) >= 11 is 5.69. The van der Waals surface area contributed by atoms with Gasteiger partial charge in [-0.25, -0.2) is 4.98 Å². The molecule has 5 nitrogen and oxygen atoms in total. The number of likely N-dealkylation sites (N-methyl/N-ethyl adjacent to an activating group) is 1. The molecule has 0 aliphatic carbocycles. The van der Waals surface area contributed by atoms with Crippen molar-refractivity contribution in [2.45, 2.75) is 6.04 Å². The van der Waals surface area contributed by atoms with Crippen molar-refractivity contribution < 1.29 is 9.90 Å². The Kier molecular flexibility index (Phi) is 2.90. The first-order valence-electron chi connectivity index (χ1n) is 3.62. The van der Waals surface area contributed by atoms with Crippen LogP contribution in [0.5, 0.6) is 0 Å². The SMILES string of the molecule is CN(C)C(C(=O)O)c1[nH]cnc1Cl. The third-order valence-corrected chi connectivity index (χ3v) is 1.95. The first-order chi connectivity index (χ1) is 6.04. The van der Waals surface area contributed by atoms with Crippen LogP contribution in [0, 0.1) is 0 Å². The Bertz CT molecular complexity index is 310. The number of hydrogen-bond donors (Lipinski definition) is 2. The van der Waals surface area contributed by atoms with Crippen molar-refractivity contribution in [3.05, 3.63) is 17.2 Å². The minimum Gasteiger partial charge on any atom is -0.480 e. The normalized spacial score (nSPS) is 13.2. The quantitative estimate of drug-likeness (QED) is 0.761. The van der Waals surface area contributed by atoms with Crippen molar-refractivity contribution in [1.29, 1.82) is 0 Å². The van der Waals surface area contributed by atoms with E-state index >= 15 is 0 Å². The van der Waals surface area contributed by atoms with Gasteiger partial charge >= 0.3 is 5.97 Å². The number of carbonyl (C=O) groups is 1. The van der Waals surface area contributed by atoms with E-state index in [9.17, 15) is 4.79 Å². The Morgan fingerprint density at radius 1 is 1.77 bits per heavy atom. The van der Waals surface area contributed by atoms with Gasteiger partial charge in [0.25, 0.3) is 0 Å². The zero-order valence-corrected chi connectivity index (χ0v) is 8.04. The molecule has 0 bridgehead atoms. The standard InChI is InChI=1S/C7H10ClN3O2/c1-11(2)5(7(12)13)4-6(8)10-3-9-4/h3,5H,1-2H3,(H,9,10)(H,12,13). The predicted molar refractivity (Wildman–Crippen MR) is 47.7 cm³/mol. The summed E-state index contributed by atoms with van der Waals surface area (Å²) in [6.07, 6.45) is 1.37. The minimum absolute atomic E-state index is 0.195. The van der Waals surface area contributed by atoms with E-state index in [0.717, 1.165) is 0 Å². The van der Waals surface area contributed by atoms with Gasteiger partial charge in [0.1, 0.15) is 0 Å². The molecule has 0 saturated heterocycles. The summed E-state index contributed by atoms with van der Waals surface area (Å²) in [5, 5.41) is 9.09. The number of halogens is 1. The average Bonchev–Trinajstić information content (AvgIpc) is 2.35. The van der Waals surface area contributed by atoms with E-state index in [0.29, 0.717) is 5.69 Å². The lowest BCUT2D eigenvalue weighted by atomic mass is 10.2. The van der Waals surface area contributed by atoms with E-state index in [4.69, 9.17) is 16.7 Å². The first kappa shape index (κ1) is 10.0. The molecule has 6 heteroatoms. The van der Waals surface area contributed by atoms with Crippen LogP contribution in [0.2, 0.25) is 5.15 Å². The van der Waals surface area contributed by atoms with E-state index in [2.05, 4.69) is 9.97 Å². The molecule has 0 spiro atoms. The van der Waals surface area contributed by atoms with Crippen LogP contribution in [0.1, 0.15) is 11.7 Å². The number of nitrogens with zero attached hydrogens (tertiary/aromatic N) is 2. The van der Waals surface area contributed by atoms with Crippen LogP contribution in [0.3, 0.4) is 0 Å². The van der Waals surface area contributed by atoms with E-state index in [-0.39, 0.29) is 5.15 Å². The third kappa shape index (κ3) is 1.99. The Labute approximate surface area is 80.3 Å². The zero-order chi connectivity index (χ0) is 10.0. The second kappa shape index (κ2) is 3.76. The topological polar surface area (TPSA) is 69.2 Å². The molecule has 1 aromatic rings. The van der Waals surface area contributed by atoms with Crippen molar-refractivity contribution in [1.82, 2.24) is 14.9 Å². The zero-order valence-electron chi connectivity index (χ0n) is 7.28. The van der Waals surface area contributed by atoms with Crippen molar-refractivity contribution in [2.24, 2.45) is 0 Å². The van der Waals surface area contributed by atoms with Crippen molar-refractivity contribution in [3.63, 3.8) is 0 Å². The van der Waals surface area contributed by atoms with Gasteiger partial charge in [0.2, 0.25) is 0 Å². The average molecular weight is 204 g/mol. The molecule has 1 unspecified atom stereocenters. The molecule has 1 atom stereocenters. The molecule has 0 radical (unpaired) electrons. The molecule has 72 valence electrons. The first-order valence-corrected chi connectivity index (χ1v) is 4.00. The number of aromatic amines is 1. The fourth-order valence-electron chi connectivity index (χ4n) is 1.08. The molecular formula is C7H10ClN3O2. The summed E-state index contributed by atoms with van der Waals surface area (Å²) in [6, 6.07) is -0.782. The van der Waals surface area contributed by atoms with Gasteiger partial charge in [-0.05, 0) is 14.1 Å². The number of H-pyrrole nitrogens is 1. The van der Waals surface area contributed by atoms with Gasteiger partial charge in [0.15, 0.2) is 11.2 Å². The summed E-state index contributed by atoms with van der Waals surface area (Å²) in [5.41, 5.74) is 0.402. The van der Waals surface area contributed by atoms with Gasteiger partial charge in [-0.3, -0.25) is 9.69 Å². The van der Waals surface area contributed by atoms with E-state index in [1.54, 1.807) is 19.0 Å². The predicted octanol–water partition coefficient (Wildman–Crippen LogP) is 0.750. The second-order valence-corrected chi connectivity index (χ2v) is 3.17. The number of hydrogen-bond acceptors (Lipinski definition) is 3.